The van der Waals surface area contributed by atoms with Gasteiger partial charge in [-0.2, -0.15) is 0 Å². The van der Waals surface area contributed by atoms with Gasteiger partial charge in [-0.05, 0) is 80.8 Å². The Labute approximate surface area is 274 Å². The maximum absolute atomic E-state index is 14.0. The van der Waals surface area contributed by atoms with Crippen LogP contribution in [0.25, 0.3) is 0 Å². The molecule has 4 aliphatic heterocycles. The van der Waals surface area contributed by atoms with Crippen LogP contribution < -0.4 is 10.6 Å². The van der Waals surface area contributed by atoms with Crippen LogP contribution in [0.3, 0.4) is 0 Å². The molecule has 46 heavy (non-hydrogen) atoms. The number of nitrogens with zero attached hydrogens (tertiary/aromatic N) is 4. The second kappa shape index (κ2) is 13.9. The number of rotatable bonds is 7. The number of carbonyl (C=O) groups excluding carboxylic acids is 3. The van der Waals surface area contributed by atoms with E-state index in [4.69, 9.17) is 11.6 Å². The molecule has 0 aromatic heterocycles. The molecular formula is C34H43ClN6O5. The minimum atomic E-state index is -0.775. The number of piperidine rings is 2. The molecule has 4 heterocycles. The number of para-hydroxylation sites is 1. The van der Waals surface area contributed by atoms with Gasteiger partial charge in [-0.25, -0.2) is 9.59 Å². The summed E-state index contributed by atoms with van der Waals surface area (Å²) in [5, 5.41) is 16.3. The summed E-state index contributed by atoms with van der Waals surface area (Å²) in [6.07, 6.45) is 4.55. The van der Waals surface area contributed by atoms with Gasteiger partial charge < -0.3 is 30.4 Å². The van der Waals surface area contributed by atoms with E-state index in [1.165, 1.54) is 0 Å². The Kier molecular flexibility index (Phi) is 9.70. The summed E-state index contributed by atoms with van der Waals surface area (Å²) >= 11 is 6.41. The number of nitrogens with one attached hydrogen (secondary N) is 2. The van der Waals surface area contributed by atoms with Gasteiger partial charge in [-0.15, -0.1) is 0 Å². The van der Waals surface area contributed by atoms with Crippen molar-refractivity contribution in [3.63, 3.8) is 0 Å². The van der Waals surface area contributed by atoms with E-state index in [2.05, 4.69) is 15.5 Å². The number of urea groups is 2. The van der Waals surface area contributed by atoms with Crippen LogP contribution in [0.5, 0.6) is 0 Å². The molecule has 0 bridgehead atoms. The van der Waals surface area contributed by atoms with Gasteiger partial charge in [-0.1, -0.05) is 41.9 Å². The van der Waals surface area contributed by atoms with Crippen molar-refractivity contribution < 1.29 is 24.3 Å². The van der Waals surface area contributed by atoms with Crippen LogP contribution in [-0.4, -0.2) is 106 Å². The molecule has 11 nitrogen and oxygen atoms in total. The smallest absolute Gasteiger partial charge is 0.322 e. The number of aryl methyl sites for hydroxylation is 1. The number of carboxylic acids is 1. The molecule has 2 aromatic carbocycles. The normalized spacial score (nSPS) is 21.9. The third kappa shape index (κ3) is 6.95. The zero-order chi connectivity index (χ0) is 32.4. The van der Waals surface area contributed by atoms with Crippen molar-refractivity contribution in [3.8, 4) is 0 Å². The summed E-state index contributed by atoms with van der Waals surface area (Å²) in [5.74, 6) is -0.914. The summed E-state index contributed by atoms with van der Waals surface area (Å²) in [7, 11) is 0. The van der Waals surface area contributed by atoms with Gasteiger partial charge in [-0.3, -0.25) is 14.5 Å². The number of amides is 5. The fourth-order valence-corrected chi connectivity index (χ4v) is 7.67. The summed E-state index contributed by atoms with van der Waals surface area (Å²) in [6.45, 7) is 5.22. The number of fused-ring (bicyclic) bond motifs is 1. The van der Waals surface area contributed by atoms with Crippen LogP contribution in [-0.2, 0) is 22.6 Å². The molecule has 246 valence electrons. The number of aliphatic carboxylic acids is 1. The lowest BCUT2D eigenvalue weighted by Crippen LogP contribution is -2.58. The minimum Gasteiger partial charge on any atom is -0.480 e. The maximum atomic E-state index is 14.0. The average Bonchev–Trinajstić information content (AvgIpc) is 3.56. The highest BCUT2D eigenvalue weighted by Gasteiger charge is 2.39. The summed E-state index contributed by atoms with van der Waals surface area (Å²) in [6, 6.07) is 12.0. The van der Waals surface area contributed by atoms with Crippen molar-refractivity contribution in [1.29, 1.82) is 0 Å². The molecule has 0 spiro atoms. The third-order valence-electron chi connectivity index (χ3n) is 10.1. The van der Waals surface area contributed by atoms with Gasteiger partial charge in [0.15, 0.2) is 0 Å². The predicted octanol–water partition coefficient (Wildman–Crippen LogP) is 4.32. The van der Waals surface area contributed by atoms with E-state index in [9.17, 15) is 24.3 Å². The third-order valence-corrected chi connectivity index (χ3v) is 10.6. The van der Waals surface area contributed by atoms with Crippen molar-refractivity contribution in [2.24, 2.45) is 0 Å². The maximum Gasteiger partial charge on any atom is 0.322 e. The van der Waals surface area contributed by atoms with Crippen molar-refractivity contribution in [3.05, 3.63) is 64.2 Å². The molecule has 12 heteroatoms. The largest absolute Gasteiger partial charge is 0.480 e. The van der Waals surface area contributed by atoms with Crippen molar-refractivity contribution in [2.45, 2.75) is 82.6 Å². The topological polar surface area (TPSA) is 126 Å². The number of carbonyl (C=O) groups is 4. The Balaban J connectivity index is 1.08. The van der Waals surface area contributed by atoms with Gasteiger partial charge in [0.25, 0.3) is 0 Å². The predicted molar refractivity (Wildman–Crippen MR) is 175 cm³/mol. The number of likely N-dealkylation sites (tertiary alicyclic amines) is 3. The number of carboxylic acid groups (broad SMARTS) is 1. The lowest BCUT2D eigenvalue weighted by molar-refractivity contribution is -0.144. The van der Waals surface area contributed by atoms with Gasteiger partial charge in [0.1, 0.15) is 12.1 Å². The first kappa shape index (κ1) is 32.1. The average molecular weight is 651 g/mol. The Bertz CT molecular complexity index is 1470. The minimum absolute atomic E-state index is 0.0159. The van der Waals surface area contributed by atoms with E-state index in [-0.39, 0.29) is 30.1 Å². The molecule has 0 radical (unpaired) electrons. The molecule has 5 amide bonds. The van der Waals surface area contributed by atoms with Crippen LogP contribution in [0.1, 0.15) is 55.2 Å². The number of anilines is 1. The molecule has 3 saturated heterocycles. The number of hydrogen-bond acceptors (Lipinski definition) is 5. The fourth-order valence-electron chi connectivity index (χ4n) is 7.47. The van der Waals surface area contributed by atoms with Crippen LogP contribution in [0.2, 0.25) is 5.02 Å². The molecule has 0 aliphatic carbocycles. The van der Waals surface area contributed by atoms with Gasteiger partial charge in [0, 0.05) is 61.9 Å². The number of hydrogen-bond donors (Lipinski definition) is 3. The molecule has 1 unspecified atom stereocenters. The van der Waals surface area contributed by atoms with Crippen molar-refractivity contribution >= 4 is 41.2 Å². The molecule has 0 saturated carbocycles. The van der Waals surface area contributed by atoms with E-state index in [0.29, 0.717) is 76.3 Å². The van der Waals surface area contributed by atoms with Crippen LogP contribution in [0, 0.1) is 6.92 Å². The van der Waals surface area contributed by atoms with E-state index < -0.39 is 18.1 Å². The SMILES string of the molecule is Cc1ccc(CC(NC(=O)N2CCC(N3Cc4ccccc4NC3=O)CC2)C(=O)N2CCC(N3CCC[C@H]3C(=O)O)CC2)cc1Cl. The molecule has 2 atom stereocenters. The lowest BCUT2D eigenvalue weighted by atomic mass is 9.99. The Morgan fingerprint density at radius 2 is 1.65 bits per heavy atom. The zero-order valence-electron chi connectivity index (χ0n) is 26.3. The highest BCUT2D eigenvalue weighted by Crippen LogP contribution is 2.29. The van der Waals surface area contributed by atoms with Gasteiger partial charge in [0.05, 0.1) is 0 Å². The monoisotopic (exact) mass is 650 g/mol. The standard InChI is InChI=1S/C34H43ClN6O5/c1-22-8-9-23(19-27(22)35)20-29(31(42)38-15-10-25(11-16-38)40-14-4-7-30(40)32(43)44)37-33(45)39-17-12-26(13-18-39)41-21-24-5-2-3-6-28(24)36-34(41)46/h2-3,5-6,8-9,19,25-26,29-30H,4,7,10-18,20-21H2,1H3,(H,36,46)(H,37,45)(H,43,44)/t29?,30-/m0/s1. The molecular weight excluding hydrogens is 608 g/mol. The molecule has 3 N–H and O–H groups in total. The summed E-state index contributed by atoms with van der Waals surface area (Å²) < 4.78 is 0. The molecule has 3 fully saturated rings. The number of halogens is 1. The van der Waals surface area contributed by atoms with E-state index in [1.807, 2.05) is 59.2 Å². The quantitative estimate of drug-likeness (QED) is 0.410. The van der Waals surface area contributed by atoms with Gasteiger partial charge in [0.2, 0.25) is 5.91 Å². The first-order valence-electron chi connectivity index (χ1n) is 16.4. The van der Waals surface area contributed by atoms with Crippen molar-refractivity contribution in [1.82, 2.24) is 24.9 Å². The van der Waals surface area contributed by atoms with E-state index in [1.54, 1.807) is 4.90 Å². The highest BCUT2D eigenvalue weighted by molar-refractivity contribution is 6.31. The number of benzene rings is 2. The zero-order valence-corrected chi connectivity index (χ0v) is 27.0. The first-order chi connectivity index (χ1) is 22.2. The molecule has 4 aliphatic rings. The Morgan fingerprint density at radius 3 is 2.37 bits per heavy atom. The second-order valence-electron chi connectivity index (χ2n) is 13.0. The molecule has 6 rings (SSSR count). The Morgan fingerprint density at radius 1 is 0.957 bits per heavy atom. The molecule has 2 aromatic rings. The van der Waals surface area contributed by atoms with Crippen LogP contribution in [0.4, 0.5) is 15.3 Å². The summed E-state index contributed by atoms with van der Waals surface area (Å²) in [4.78, 5) is 59.7. The van der Waals surface area contributed by atoms with Gasteiger partial charge >= 0.3 is 18.0 Å². The Hall–Kier alpha value is -3.83. The van der Waals surface area contributed by atoms with E-state index in [0.717, 1.165) is 35.3 Å². The lowest BCUT2D eigenvalue weighted by Gasteiger charge is -2.41. The second-order valence-corrected chi connectivity index (χ2v) is 13.4. The summed E-state index contributed by atoms with van der Waals surface area (Å²) in [5.41, 5.74) is 3.72. The van der Waals surface area contributed by atoms with E-state index >= 15 is 0 Å². The van der Waals surface area contributed by atoms with Crippen LogP contribution >= 0.6 is 11.6 Å². The fraction of sp³-hybridized carbons (Fsp3) is 0.529. The highest BCUT2D eigenvalue weighted by atomic mass is 35.5. The van der Waals surface area contributed by atoms with Crippen molar-refractivity contribution in [2.75, 3.05) is 38.0 Å². The first-order valence-corrected chi connectivity index (χ1v) is 16.8. The van der Waals surface area contributed by atoms with Crippen LogP contribution in [0.15, 0.2) is 42.5 Å².